The molecule has 6 nitrogen and oxygen atoms in total. The molecule has 0 radical (unpaired) electrons. The van der Waals surface area contributed by atoms with E-state index in [1.54, 1.807) is 0 Å². The van der Waals surface area contributed by atoms with Crippen molar-refractivity contribution in [3.63, 3.8) is 0 Å². The number of hydrogen-bond donors (Lipinski definition) is 1. The molecule has 0 aromatic carbocycles. The molecule has 0 spiro atoms. The summed E-state index contributed by atoms with van der Waals surface area (Å²) in [6, 6.07) is 4.25. The summed E-state index contributed by atoms with van der Waals surface area (Å²) in [5, 5.41) is 3.52. The Morgan fingerprint density at radius 3 is 3.00 bits per heavy atom. The Kier molecular flexibility index (Phi) is 6.13. The number of piperidine rings is 1. The highest BCUT2D eigenvalue weighted by Crippen LogP contribution is 2.17. The molecule has 138 valence electrons. The van der Waals surface area contributed by atoms with Gasteiger partial charge in [-0.25, -0.2) is 4.98 Å². The van der Waals surface area contributed by atoms with Crippen LogP contribution in [0.1, 0.15) is 32.3 Å². The Bertz CT molecular complexity index is 591. The molecule has 0 bridgehead atoms. The van der Waals surface area contributed by atoms with Gasteiger partial charge in [-0.3, -0.25) is 4.99 Å². The van der Waals surface area contributed by atoms with E-state index in [1.807, 2.05) is 13.2 Å². The summed E-state index contributed by atoms with van der Waals surface area (Å²) in [5.74, 6) is 2.78. The quantitative estimate of drug-likeness (QED) is 0.672. The Balaban J connectivity index is 1.60. The van der Waals surface area contributed by atoms with Crippen molar-refractivity contribution >= 4 is 11.8 Å². The van der Waals surface area contributed by atoms with E-state index in [1.165, 1.54) is 18.4 Å². The minimum Gasteiger partial charge on any atom is -0.375 e. The number of pyridine rings is 1. The number of aliphatic imine (C=N–C) groups is 1. The number of nitrogens with one attached hydrogen (secondary N) is 1. The van der Waals surface area contributed by atoms with Crippen molar-refractivity contribution in [1.82, 2.24) is 15.2 Å². The average molecular weight is 345 g/mol. The molecule has 2 unspecified atom stereocenters. The maximum absolute atomic E-state index is 5.63. The van der Waals surface area contributed by atoms with Gasteiger partial charge in [0.25, 0.3) is 0 Å². The van der Waals surface area contributed by atoms with Crippen molar-refractivity contribution in [2.45, 2.75) is 39.3 Å². The van der Waals surface area contributed by atoms with Crippen molar-refractivity contribution in [2.24, 2.45) is 10.9 Å². The molecule has 1 N–H and O–H groups in total. The lowest BCUT2D eigenvalue weighted by atomic mass is 10.0. The molecule has 2 fully saturated rings. The standard InChI is InChI=1S/C19H31N5O/c1-15-5-4-8-24(13-15)19(20-3)22-12-17-6-7-21-18(11-17)23-9-10-25-16(2)14-23/h6-7,11,15-16H,4-5,8-10,12-14H2,1-3H3,(H,20,22). The lowest BCUT2D eigenvalue weighted by molar-refractivity contribution is 0.0529. The van der Waals surface area contributed by atoms with Gasteiger partial charge < -0.3 is 19.9 Å². The molecule has 3 rings (SSSR count). The Labute approximate surface area is 151 Å². The highest BCUT2D eigenvalue weighted by Gasteiger charge is 2.20. The van der Waals surface area contributed by atoms with Crippen LogP contribution in [0.15, 0.2) is 23.3 Å². The molecule has 0 amide bonds. The second kappa shape index (κ2) is 8.52. The Hall–Kier alpha value is -1.82. The van der Waals surface area contributed by atoms with E-state index >= 15 is 0 Å². The number of hydrogen-bond acceptors (Lipinski definition) is 4. The molecule has 6 heteroatoms. The zero-order valence-corrected chi connectivity index (χ0v) is 15.7. The van der Waals surface area contributed by atoms with E-state index in [2.05, 4.69) is 51.1 Å². The van der Waals surface area contributed by atoms with Gasteiger partial charge in [-0.2, -0.15) is 0 Å². The summed E-state index contributed by atoms with van der Waals surface area (Å²) >= 11 is 0. The van der Waals surface area contributed by atoms with Gasteiger partial charge in [-0.05, 0) is 43.4 Å². The molecule has 0 aliphatic carbocycles. The molecule has 1 aromatic heterocycles. The molecule has 0 saturated carbocycles. The van der Waals surface area contributed by atoms with Crippen LogP contribution >= 0.6 is 0 Å². The summed E-state index contributed by atoms with van der Waals surface area (Å²) in [7, 11) is 1.87. The monoisotopic (exact) mass is 345 g/mol. The fourth-order valence-corrected chi connectivity index (χ4v) is 3.67. The van der Waals surface area contributed by atoms with E-state index < -0.39 is 0 Å². The molecule has 2 saturated heterocycles. The second-order valence-electron chi connectivity index (χ2n) is 7.24. The summed E-state index contributed by atoms with van der Waals surface area (Å²) in [6.07, 6.45) is 4.73. The van der Waals surface area contributed by atoms with Crippen LogP contribution in [0.4, 0.5) is 5.82 Å². The van der Waals surface area contributed by atoms with Crippen molar-refractivity contribution in [2.75, 3.05) is 44.7 Å². The molecule has 1 aromatic rings. The molecule has 2 atom stereocenters. The number of ether oxygens (including phenoxy) is 1. The van der Waals surface area contributed by atoms with E-state index in [-0.39, 0.29) is 6.10 Å². The smallest absolute Gasteiger partial charge is 0.193 e. The van der Waals surface area contributed by atoms with E-state index in [0.29, 0.717) is 0 Å². The van der Waals surface area contributed by atoms with Crippen LogP contribution in [0.2, 0.25) is 0 Å². The van der Waals surface area contributed by atoms with Crippen LogP contribution in [-0.2, 0) is 11.3 Å². The predicted molar refractivity (Wildman–Crippen MR) is 102 cm³/mol. The number of morpholine rings is 1. The lowest BCUT2D eigenvalue weighted by Crippen LogP contribution is -2.46. The fraction of sp³-hybridized carbons (Fsp3) is 0.684. The summed E-state index contributed by atoms with van der Waals surface area (Å²) in [4.78, 5) is 13.7. The fourth-order valence-electron chi connectivity index (χ4n) is 3.67. The largest absolute Gasteiger partial charge is 0.375 e. The molecule has 2 aliphatic heterocycles. The number of rotatable bonds is 3. The third-order valence-corrected chi connectivity index (χ3v) is 4.99. The van der Waals surface area contributed by atoms with Gasteiger partial charge >= 0.3 is 0 Å². The van der Waals surface area contributed by atoms with Crippen LogP contribution < -0.4 is 10.2 Å². The summed E-state index contributed by atoms with van der Waals surface area (Å²) < 4.78 is 5.63. The Morgan fingerprint density at radius 2 is 2.24 bits per heavy atom. The SMILES string of the molecule is CN=C(NCc1ccnc(N2CCOC(C)C2)c1)N1CCCC(C)C1. The second-order valence-corrected chi connectivity index (χ2v) is 7.24. The lowest BCUT2D eigenvalue weighted by Gasteiger charge is -2.33. The molecular weight excluding hydrogens is 314 g/mol. The van der Waals surface area contributed by atoms with Gasteiger partial charge in [0.15, 0.2) is 5.96 Å². The topological polar surface area (TPSA) is 53.0 Å². The van der Waals surface area contributed by atoms with Crippen LogP contribution in [0.3, 0.4) is 0 Å². The predicted octanol–water partition coefficient (Wildman–Crippen LogP) is 2.11. The van der Waals surface area contributed by atoms with Crippen molar-refractivity contribution in [1.29, 1.82) is 0 Å². The first-order valence-corrected chi connectivity index (χ1v) is 9.43. The van der Waals surface area contributed by atoms with Gasteiger partial charge in [0, 0.05) is 46.0 Å². The van der Waals surface area contributed by atoms with Crippen molar-refractivity contribution < 1.29 is 4.74 Å². The van der Waals surface area contributed by atoms with Crippen molar-refractivity contribution in [3.05, 3.63) is 23.9 Å². The van der Waals surface area contributed by atoms with Gasteiger partial charge in [0.1, 0.15) is 5.82 Å². The number of anilines is 1. The van der Waals surface area contributed by atoms with E-state index in [0.717, 1.165) is 57.0 Å². The van der Waals surface area contributed by atoms with Crippen LogP contribution in [0.5, 0.6) is 0 Å². The zero-order chi connectivity index (χ0) is 17.6. The highest BCUT2D eigenvalue weighted by atomic mass is 16.5. The van der Waals surface area contributed by atoms with Crippen LogP contribution in [0.25, 0.3) is 0 Å². The van der Waals surface area contributed by atoms with Gasteiger partial charge in [0.2, 0.25) is 0 Å². The Morgan fingerprint density at radius 1 is 1.36 bits per heavy atom. The maximum atomic E-state index is 5.63. The molecular formula is C19H31N5O. The highest BCUT2D eigenvalue weighted by molar-refractivity contribution is 5.80. The average Bonchev–Trinajstić information content (AvgIpc) is 2.63. The number of aromatic nitrogens is 1. The van der Waals surface area contributed by atoms with Gasteiger partial charge in [-0.1, -0.05) is 6.92 Å². The van der Waals surface area contributed by atoms with Gasteiger partial charge in [-0.15, -0.1) is 0 Å². The van der Waals surface area contributed by atoms with Gasteiger partial charge in [0.05, 0.1) is 12.7 Å². The summed E-state index contributed by atoms with van der Waals surface area (Å²) in [6.45, 7) is 9.96. The van der Waals surface area contributed by atoms with E-state index in [9.17, 15) is 0 Å². The first-order valence-electron chi connectivity index (χ1n) is 9.43. The minimum absolute atomic E-state index is 0.261. The molecule has 3 heterocycles. The number of nitrogens with zero attached hydrogens (tertiary/aromatic N) is 4. The van der Waals surface area contributed by atoms with Crippen LogP contribution in [0, 0.1) is 5.92 Å². The minimum atomic E-state index is 0.261. The van der Waals surface area contributed by atoms with E-state index in [4.69, 9.17) is 4.74 Å². The first kappa shape index (κ1) is 18.0. The summed E-state index contributed by atoms with van der Waals surface area (Å²) in [5.41, 5.74) is 1.23. The number of guanidine groups is 1. The number of likely N-dealkylation sites (tertiary alicyclic amines) is 1. The molecule has 2 aliphatic rings. The normalized spacial score (nSPS) is 25.2. The zero-order valence-electron chi connectivity index (χ0n) is 15.7. The van der Waals surface area contributed by atoms with Crippen LogP contribution in [-0.4, -0.2) is 61.8 Å². The first-order chi connectivity index (χ1) is 12.2. The molecule has 25 heavy (non-hydrogen) atoms. The maximum Gasteiger partial charge on any atom is 0.193 e. The van der Waals surface area contributed by atoms with Crippen molar-refractivity contribution in [3.8, 4) is 0 Å². The third-order valence-electron chi connectivity index (χ3n) is 4.99. The third kappa shape index (κ3) is 4.84.